The summed E-state index contributed by atoms with van der Waals surface area (Å²) in [5.74, 6) is -0.452. The van der Waals surface area contributed by atoms with Crippen molar-refractivity contribution in [2.24, 2.45) is 0 Å². The molecule has 0 N–H and O–H groups in total. The van der Waals surface area contributed by atoms with Crippen molar-refractivity contribution >= 4 is 5.91 Å². The van der Waals surface area contributed by atoms with E-state index in [1.54, 1.807) is 30.1 Å². The van der Waals surface area contributed by atoms with Crippen molar-refractivity contribution in [1.82, 2.24) is 14.7 Å². The van der Waals surface area contributed by atoms with Crippen LogP contribution in [0.15, 0.2) is 54.6 Å². The van der Waals surface area contributed by atoms with Gasteiger partial charge in [-0.3, -0.25) is 4.79 Å². The smallest absolute Gasteiger partial charge is 0.274 e. The van der Waals surface area contributed by atoms with E-state index in [0.29, 0.717) is 11.3 Å². The number of hydrogen-bond donors (Lipinski definition) is 0. The van der Waals surface area contributed by atoms with Gasteiger partial charge in [-0.05, 0) is 43.9 Å². The van der Waals surface area contributed by atoms with Gasteiger partial charge in [-0.1, -0.05) is 42.8 Å². The number of amides is 1. The van der Waals surface area contributed by atoms with Crippen LogP contribution in [0.4, 0.5) is 4.39 Å². The number of nitrogens with zero attached hydrogens (tertiary/aromatic N) is 3. The lowest BCUT2D eigenvalue weighted by Gasteiger charge is -2.17. The molecule has 1 amide bonds. The Morgan fingerprint density at radius 1 is 1.04 bits per heavy atom. The summed E-state index contributed by atoms with van der Waals surface area (Å²) in [6.45, 7) is 0.221. The van der Waals surface area contributed by atoms with Gasteiger partial charge in [-0.15, -0.1) is 0 Å². The predicted molar refractivity (Wildman–Crippen MR) is 107 cm³/mol. The molecular formula is C23H24FN3O. The normalized spacial score (nSPS) is 13.6. The molecule has 0 bridgehead atoms. The number of aromatic nitrogens is 2. The van der Waals surface area contributed by atoms with E-state index in [0.717, 1.165) is 49.0 Å². The molecule has 144 valence electrons. The molecule has 0 unspecified atom stereocenters. The molecule has 4 rings (SSSR count). The maximum atomic E-state index is 14.0. The maximum Gasteiger partial charge on any atom is 0.274 e. The zero-order valence-corrected chi connectivity index (χ0v) is 16.1. The number of para-hydroxylation sites is 1. The van der Waals surface area contributed by atoms with Crippen LogP contribution >= 0.6 is 0 Å². The van der Waals surface area contributed by atoms with Gasteiger partial charge in [0.2, 0.25) is 0 Å². The molecule has 1 heterocycles. The molecule has 0 saturated heterocycles. The molecule has 5 heteroatoms. The highest BCUT2D eigenvalue weighted by molar-refractivity contribution is 5.94. The topological polar surface area (TPSA) is 38.1 Å². The second-order valence-corrected chi connectivity index (χ2v) is 7.33. The highest BCUT2D eigenvalue weighted by Gasteiger charge is 2.26. The van der Waals surface area contributed by atoms with Gasteiger partial charge in [0.1, 0.15) is 5.82 Å². The summed E-state index contributed by atoms with van der Waals surface area (Å²) >= 11 is 0. The van der Waals surface area contributed by atoms with Crippen molar-refractivity contribution in [2.75, 3.05) is 7.05 Å². The predicted octanol–water partition coefficient (Wildman–Crippen LogP) is 4.55. The third-order valence-corrected chi connectivity index (χ3v) is 5.35. The molecule has 28 heavy (non-hydrogen) atoms. The molecule has 0 fully saturated rings. The highest BCUT2D eigenvalue weighted by Crippen LogP contribution is 2.27. The minimum Gasteiger partial charge on any atom is -0.336 e. The van der Waals surface area contributed by atoms with E-state index in [1.807, 2.05) is 35.0 Å². The molecule has 2 aromatic carbocycles. The number of hydrogen-bond acceptors (Lipinski definition) is 2. The van der Waals surface area contributed by atoms with Crippen LogP contribution in [0, 0.1) is 5.82 Å². The van der Waals surface area contributed by atoms with Crippen LogP contribution in [-0.4, -0.2) is 27.6 Å². The molecule has 4 nitrogen and oxygen atoms in total. The molecule has 0 atom stereocenters. The first-order valence-corrected chi connectivity index (χ1v) is 9.80. The summed E-state index contributed by atoms with van der Waals surface area (Å²) in [6.07, 6.45) is 5.09. The van der Waals surface area contributed by atoms with Crippen LogP contribution in [-0.2, 0) is 19.4 Å². The Kier molecular flexibility index (Phi) is 5.24. The van der Waals surface area contributed by atoms with Crippen LogP contribution < -0.4 is 0 Å². The second kappa shape index (κ2) is 7.97. The van der Waals surface area contributed by atoms with E-state index in [9.17, 15) is 9.18 Å². The standard InChI is InChI=1S/C23H24FN3O/c1-26(16-17-10-8-9-14-20(17)24)23(28)22-19-13-6-3-7-15-21(19)27(25-22)18-11-4-2-5-12-18/h2,4-5,8-12,14H,3,6-7,13,15-16H2,1H3. The van der Waals surface area contributed by atoms with Crippen LogP contribution in [0.2, 0.25) is 0 Å². The largest absolute Gasteiger partial charge is 0.336 e. The number of benzene rings is 2. The Labute approximate surface area is 164 Å². The monoisotopic (exact) mass is 377 g/mol. The third-order valence-electron chi connectivity index (χ3n) is 5.35. The van der Waals surface area contributed by atoms with E-state index in [2.05, 4.69) is 0 Å². The van der Waals surface area contributed by atoms with Crippen LogP contribution in [0.25, 0.3) is 5.69 Å². The summed E-state index contributed by atoms with van der Waals surface area (Å²) in [6, 6.07) is 16.5. The fourth-order valence-electron chi connectivity index (χ4n) is 3.87. The first-order chi connectivity index (χ1) is 13.6. The van der Waals surface area contributed by atoms with E-state index >= 15 is 0 Å². The lowest BCUT2D eigenvalue weighted by Crippen LogP contribution is -2.28. The lowest BCUT2D eigenvalue weighted by atomic mass is 10.1. The van der Waals surface area contributed by atoms with E-state index in [1.165, 1.54) is 6.07 Å². The van der Waals surface area contributed by atoms with Crippen LogP contribution in [0.5, 0.6) is 0 Å². The first-order valence-electron chi connectivity index (χ1n) is 9.80. The lowest BCUT2D eigenvalue weighted by molar-refractivity contribution is 0.0776. The summed E-state index contributed by atoms with van der Waals surface area (Å²) < 4.78 is 15.9. The average molecular weight is 377 g/mol. The summed E-state index contributed by atoms with van der Waals surface area (Å²) in [5, 5.41) is 4.72. The van der Waals surface area contributed by atoms with Gasteiger partial charge in [0.15, 0.2) is 5.69 Å². The highest BCUT2D eigenvalue weighted by atomic mass is 19.1. The molecule has 0 aliphatic heterocycles. The fraction of sp³-hybridized carbons (Fsp3) is 0.304. The Hall–Kier alpha value is -2.95. The number of carbonyl (C=O) groups excluding carboxylic acids is 1. The van der Waals surface area contributed by atoms with E-state index < -0.39 is 0 Å². The van der Waals surface area contributed by atoms with Gasteiger partial charge in [-0.25, -0.2) is 9.07 Å². The second-order valence-electron chi connectivity index (χ2n) is 7.33. The zero-order chi connectivity index (χ0) is 19.5. The zero-order valence-electron chi connectivity index (χ0n) is 16.1. The van der Waals surface area contributed by atoms with Crippen molar-refractivity contribution in [1.29, 1.82) is 0 Å². The quantitative estimate of drug-likeness (QED) is 0.626. The Bertz CT molecular complexity index is 981. The van der Waals surface area contributed by atoms with Gasteiger partial charge in [0.25, 0.3) is 5.91 Å². The molecular weight excluding hydrogens is 353 g/mol. The first kappa shape index (κ1) is 18.4. The number of carbonyl (C=O) groups is 1. The molecule has 1 aromatic heterocycles. The molecule has 0 spiro atoms. The number of rotatable bonds is 4. The molecule has 1 aliphatic rings. The molecule has 3 aromatic rings. The SMILES string of the molecule is CN(Cc1ccccc1F)C(=O)c1nn(-c2ccccc2)c2c1CCCCC2. The van der Waals surface area contributed by atoms with Crippen LogP contribution in [0.3, 0.4) is 0 Å². The number of fused-ring (bicyclic) bond motifs is 1. The van der Waals surface area contributed by atoms with Gasteiger partial charge < -0.3 is 4.90 Å². The average Bonchev–Trinajstić information content (AvgIpc) is 2.90. The summed E-state index contributed by atoms with van der Waals surface area (Å²) in [4.78, 5) is 14.8. The van der Waals surface area contributed by atoms with Gasteiger partial charge in [-0.2, -0.15) is 5.10 Å². The summed E-state index contributed by atoms with van der Waals surface area (Å²) in [7, 11) is 1.71. The minimum absolute atomic E-state index is 0.156. The number of halogens is 1. The summed E-state index contributed by atoms with van der Waals surface area (Å²) in [5.41, 5.74) is 4.15. The van der Waals surface area contributed by atoms with Crippen LogP contribution in [0.1, 0.15) is 46.6 Å². The van der Waals surface area contributed by atoms with Gasteiger partial charge in [0.05, 0.1) is 5.69 Å². The van der Waals surface area contributed by atoms with Crippen molar-refractivity contribution in [3.8, 4) is 5.69 Å². The van der Waals surface area contributed by atoms with Gasteiger partial charge >= 0.3 is 0 Å². The molecule has 0 saturated carbocycles. The third kappa shape index (κ3) is 3.57. The fourth-order valence-corrected chi connectivity index (χ4v) is 3.87. The molecule has 1 aliphatic carbocycles. The van der Waals surface area contributed by atoms with E-state index in [-0.39, 0.29) is 18.3 Å². The van der Waals surface area contributed by atoms with Crippen molar-refractivity contribution in [2.45, 2.75) is 38.6 Å². The Morgan fingerprint density at radius 3 is 2.54 bits per heavy atom. The van der Waals surface area contributed by atoms with Gasteiger partial charge in [0, 0.05) is 30.4 Å². The van der Waals surface area contributed by atoms with Crippen molar-refractivity contribution in [3.63, 3.8) is 0 Å². The minimum atomic E-state index is -0.296. The maximum absolute atomic E-state index is 14.0. The van der Waals surface area contributed by atoms with Crippen molar-refractivity contribution in [3.05, 3.63) is 82.9 Å². The van der Waals surface area contributed by atoms with Crippen molar-refractivity contribution < 1.29 is 9.18 Å². The Morgan fingerprint density at radius 2 is 1.75 bits per heavy atom. The molecule has 0 radical (unpaired) electrons. The Balaban J connectivity index is 1.69. The van der Waals surface area contributed by atoms with E-state index in [4.69, 9.17) is 5.10 Å².